The van der Waals surface area contributed by atoms with E-state index in [4.69, 9.17) is 9.47 Å². The molecule has 10 heteroatoms. The topological polar surface area (TPSA) is 123 Å². The first-order valence-corrected chi connectivity index (χ1v) is 11.6. The van der Waals surface area contributed by atoms with Crippen molar-refractivity contribution in [2.45, 2.75) is 12.8 Å². The third-order valence-electron chi connectivity index (χ3n) is 6.29. The molecule has 1 fully saturated rings. The van der Waals surface area contributed by atoms with Gasteiger partial charge in [0.1, 0.15) is 5.69 Å². The van der Waals surface area contributed by atoms with Crippen LogP contribution in [0.15, 0.2) is 66.7 Å². The molecule has 0 spiro atoms. The minimum atomic E-state index is -0.505. The summed E-state index contributed by atoms with van der Waals surface area (Å²) < 4.78 is 10.6. The van der Waals surface area contributed by atoms with Crippen molar-refractivity contribution >= 4 is 34.6 Å². The highest BCUT2D eigenvalue weighted by Crippen LogP contribution is 2.35. The maximum atomic E-state index is 13.1. The number of carbonyl (C=O) groups is 2. The molecule has 0 aromatic heterocycles. The van der Waals surface area contributed by atoms with Gasteiger partial charge in [-0.1, -0.05) is 18.2 Å². The molecule has 0 saturated carbocycles. The number of piperidine rings is 1. The summed E-state index contributed by atoms with van der Waals surface area (Å²) in [6.07, 6.45) is 0.996. The van der Waals surface area contributed by atoms with E-state index in [9.17, 15) is 19.7 Å². The van der Waals surface area contributed by atoms with Gasteiger partial charge in [0.2, 0.25) is 12.7 Å². The van der Waals surface area contributed by atoms with Crippen LogP contribution in [0.5, 0.6) is 11.5 Å². The van der Waals surface area contributed by atoms with Gasteiger partial charge < -0.3 is 25.0 Å². The Morgan fingerprint density at radius 2 is 1.67 bits per heavy atom. The Bertz CT molecular complexity index is 1310. The van der Waals surface area contributed by atoms with E-state index in [1.165, 1.54) is 6.07 Å². The lowest BCUT2D eigenvalue weighted by Gasteiger charge is -2.31. The second-order valence-corrected chi connectivity index (χ2v) is 8.60. The van der Waals surface area contributed by atoms with Crippen molar-refractivity contribution in [1.82, 2.24) is 4.90 Å². The molecule has 2 amide bonds. The fourth-order valence-electron chi connectivity index (χ4n) is 4.34. The van der Waals surface area contributed by atoms with E-state index in [0.717, 1.165) is 0 Å². The standard InChI is InChI=1S/C26H24N4O6/c31-25(28-20-7-9-23-24(15-20)36-16-35-23)17-10-12-29(13-11-17)26(32)18-6-8-21(22(14-18)30(33)34)27-19-4-2-1-3-5-19/h1-9,14-15,17,27H,10-13,16H2,(H,28,31). The quantitative estimate of drug-likeness (QED) is 0.385. The summed E-state index contributed by atoms with van der Waals surface area (Å²) in [4.78, 5) is 38.6. The van der Waals surface area contributed by atoms with Gasteiger partial charge in [-0.05, 0) is 49.2 Å². The molecule has 2 heterocycles. The summed E-state index contributed by atoms with van der Waals surface area (Å²) in [5.41, 5.74) is 1.70. The van der Waals surface area contributed by atoms with Gasteiger partial charge >= 0.3 is 0 Å². The predicted octanol–water partition coefficient (Wildman–Crippen LogP) is 4.56. The van der Waals surface area contributed by atoms with E-state index in [-0.39, 0.29) is 35.8 Å². The fraction of sp³-hybridized carbons (Fsp3) is 0.231. The van der Waals surface area contributed by atoms with Crippen molar-refractivity contribution in [3.8, 4) is 11.5 Å². The minimum absolute atomic E-state index is 0.118. The largest absolute Gasteiger partial charge is 0.454 e. The number of para-hydroxylation sites is 1. The van der Waals surface area contributed by atoms with Crippen LogP contribution in [0.1, 0.15) is 23.2 Å². The number of rotatable bonds is 6. The number of carbonyl (C=O) groups excluding carboxylic acids is 2. The summed E-state index contributed by atoms with van der Waals surface area (Å²) >= 11 is 0. The van der Waals surface area contributed by atoms with Crippen LogP contribution < -0.4 is 20.1 Å². The molecule has 0 atom stereocenters. The minimum Gasteiger partial charge on any atom is -0.454 e. The van der Waals surface area contributed by atoms with Gasteiger partial charge in [0.05, 0.1) is 4.92 Å². The molecule has 3 aromatic carbocycles. The number of ether oxygens (including phenoxy) is 2. The number of fused-ring (bicyclic) bond motifs is 1. The van der Waals surface area contributed by atoms with Gasteiger partial charge in [0, 0.05) is 48.1 Å². The Balaban J connectivity index is 1.21. The maximum Gasteiger partial charge on any atom is 0.293 e. The zero-order valence-electron chi connectivity index (χ0n) is 19.3. The average Bonchev–Trinajstić information content (AvgIpc) is 3.37. The van der Waals surface area contributed by atoms with Gasteiger partial charge in [0.15, 0.2) is 11.5 Å². The van der Waals surface area contributed by atoms with Crippen LogP contribution in [0.2, 0.25) is 0 Å². The molecule has 3 aromatic rings. The number of amides is 2. The molecule has 36 heavy (non-hydrogen) atoms. The number of anilines is 3. The van der Waals surface area contributed by atoms with Crippen LogP contribution in [-0.4, -0.2) is 41.5 Å². The van der Waals surface area contributed by atoms with Crippen molar-refractivity contribution in [3.05, 3.63) is 82.4 Å². The van der Waals surface area contributed by atoms with Crippen LogP contribution >= 0.6 is 0 Å². The number of likely N-dealkylation sites (tertiary alicyclic amines) is 1. The van der Waals surface area contributed by atoms with E-state index >= 15 is 0 Å². The number of nitro groups is 1. The van der Waals surface area contributed by atoms with Crippen LogP contribution in [-0.2, 0) is 4.79 Å². The molecular weight excluding hydrogens is 464 g/mol. The number of nitrogens with zero attached hydrogens (tertiary/aromatic N) is 2. The summed E-state index contributed by atoms with van der Waals surface area (Å²) in [6, 6.07) is 18.8. The van der Waals surface area contributed by atoms with Gasteiger partial charge in [-0.2, -0.15) is 0 Å². The summed E-state index contributed by atoms with van der Waals surface area (Å²) in [5.74, 6) is 0.578. The van der Waals surface area contributed by atoms with E-state index in [0.29, 0.717) is 54.5 Å². The molecule has 2 aliphatic heterocycles. The van der Waals surface area contributed by atoms with E-state index in [1.807, 2.05) is 18.2 Å². The summed E-state index contributed by atoms with van der Waals surface area (Å²) in [6.45, 7) is 0.931. The van der Waals surface area contributed by atoms with Crippen LogP contribution in [0.4, 0.5) is 22.7 Å². The summed E-state index contributed by atoms with van der Waals surface area (Å²) in [5, 5.41) is 17.6. The maximum absolute atomic E-state index is 13.1. The number of nitro benzene ring substituents is 1. The van der Waals surface area contributed by atoms with Crippen LogP contribution in [0, 0.1) is 16.0 Å². The van der Waals surface area contributed by atoms with Gasteiger partial charge in [-0.15, -0.1) is 0 Å². The molecule has 2 N–H and O–H groups in total. The molecular formula is C26H24N4O6. The lowest BCUT2D eigenvalue weighted by Crippen LogP contribution is -2.41. The molecule has 184 valence electrons. The number of hydrogen-bond acceptors (Lipinski definition) is 7. The molecule has 0 bridgehead atoms. The molecule has 1 saturated heterocycles. The van der Waals surface area contributed by atoms with E-state index in [1.54, 1.807) is 47.4 Å². The SMILES string of the molecule is O=C(Nc1ccc2c(c1)OCO2)C1CCN(C(=O)c2ccc(Nc3ccccc3)c([N+](=O)[O-])c2)CC1. The second kappa shape index (κ2) is 9.95. The highest BCUT2D eigenvalue weighted by molar-refractivity contribution is 5.97. The first-order valence-electron chi connectivity index (χ1n) is 11.6. The smallest absolute Gasteiger partial charge is 0.293 e. The van der Waals surface area contributed by atoms with Crippen molar-refractivity contribution in [3.63, 3.8) is 0 Å². The first kappa shape index (κ1) is 23.2. The Kier molecular flexibility index (Phi) is 6.40. The normalized spacial score (nSPS) is 14.8. The fourth-order valence-corrected chi connectivity index (χ4v) is 4.34. The van der Waals surface area contributed by atoms with Crippen LogP contribution in [0.25, 0.3) is 0 Å². The average molecular weight is 489 g/mol. The van der Waals surface area contributed by atoms with Crippen molar-refractivity contribution in [1.29, 1.82) is 0 Å². The first-order chi connectivity index (χ1) is 17.5. The zero-order valence-corrected chi connectivity index (χ0v) is 19.3. The molecule has 0 radical (unpaired) electrons. The van der Waals surface area contributed by atoms with Gasteiger partial charge in [0.25, 0.3) is 11.6 Å². The van der Waals surface area contributed by atoms with E-state index < -0.39 is 4.92 Å². The molecule has 2 aliphatic rings. The van der Waals surface area contributed by atoms with Crippen LogP contribution in [0.3, 0.4) is 0 Å². The predicted molar refractivity (Wildman–Crippen MR) is 133 cm³/mol. The second-order valence-electron chi connectivity index (χ2n) is 8.60. The third-order valence-corrected chi connectivity index (χ3v) is 6.29. The number of nitrogens with one attached hydrogen (secondary N) is 2. The van der Waals surface area contributed by atoms with Crippen molar-refractivity contribution in [2.24, 2.45) is 5.92 Å². The Morgan fingerprint density at radius 3 is 2.42 bits per heavy atom. The lowest BCUT2D eigenvalue weighted by atomic mass is 9.95. The molecule has 5 rings (SSSR count). The summed E-state index contributed by atoms with van der Waals surface area (Å²) in [7, 11) is 0. The highest BCUT2D eigenvalue weighted by atomic mass is 16.7. The Morgan fingerprint density at radius 1 is 0.917 bits per heavy atom. The molecule has 0 unspecified atom stereocenters. The van der Waals surface area contributed by atoms with Crippen molar-refractivity contribution < 1.29 is 24.0 Å². The highest BCUT2D eigenvalue weighted by Gasteiger charge is 2.29. The zero-order chi connectivity index (χ0) is 25.1. The molecule has 0 aliphatic carbocycles. The molecule has 10 nitrogen and oxygen atoms in total. The third kappa shape index (κ3) is 4.92. The number of hydrogen-bond donors (Lipinski definition) is 2. The lowest BCUT2D eigenvalue weighted by molar-refractivity contribution is -0.383. The Hall–Kier alpha value is -4.60. The number of benzene rings is 3. The Labute approximate surface area is 207 Å². The monoisotopic (exact) mass is 488 g/mol. The van der Waals surface area contributed by atoms with Crippen molar-refractivity contribution in [2.75, 3.05) is 30.5 Å². The van der Waals surface area contributed by atoms with Gasteiger partial charge in [-0.25, -0.2) is 0 Å². The van der Waals surface area contributed by atoms with Gasteiger partial charge in [-0.3, -0.25) is 19.7 Å². The van der Waals surface area contributed by atoms with E-state index in [2.05, 4.69) is 10.6 Å².